The molecule has 0 spiro atoms. The SMILES string of the molecule is CCOc1ccc(C(C)NC(=O)c2ccc(CS(=O)(=O)N3CCCCC3)cc2)cc1OCC. The average Bonchev–Trinajstić information content (AvgIpc) is 2.81. The Bertz CT molecular complexity index is 1030. The van der Waals surface area contributed by atoms with Crippen molar-refractivity contribution >= 4 is 15.9 Å². The van der Waals surface area contributed by atoms with Crippen molar-refractivity contribution < 1.29 is 22.7 Å². The zero-order chi connectivity index (χ0) is 23.8. The van der Waals surface area contributed by atoms with E-state index in [1.165, 1.54) is 0 Å². The third kappa shape index (κ3) is 6.71. The van der Waals surface area contributed by atoms with Gasteiger partial charge < -0.3 is 14.8 Å². The van der Waals surface area contributed by atoms with Crippen LogP contribution in [0.25, 0.3) is 0 Å². The first-order chi connectivity index (χ1) is 15.8. The number of benzene rings is 2. The van der Waals surface area contributed by atoms with Crippen LogP contribution in [-0.4, -0.2) is 44.9 Å². The van der Waals surface area contributed by atoms with Gasteiger partial charge in [-0.25, -0.2) is 12.7 Å². The van der Waals surface area contributed by atoms with Crippen molar-refractivity contribution in [2.45, 2.75) is 51.8 Å². The first-order valence-corrected chi connectivity index (χ1v) is 13.2. The number of carbonyl (C=O) groups is 1. The molecule has 0 radical (unpaired) electrons. The lowest BCUT2D eigenvalue weighted by atomic mass is 10.1. The molecule has 1 unspecified atom stereocenters. The van der Waals surface area contributed by atoms with E-state index in [0.717, 1.165) is 24.8 Å². The zero-order valence-electron chi connectivity index (χ0n) is 19.7. The summed E-state index contributed by atoms with van der Waals surface area (Å²) >= 11 is 0. The molecule has 1 aliphatic rings. The van der Waals surface area contributed by atoms with E-state index >= 15 is 0 Å². The number of hydrogen-bond donors (Lipinski definition) is 1. The van der Waals surface area contributed by atoms with E-state index < -0.39 is 10.0 Å². The Balaban J connectivity index is 1.64. The molecule has 2 aromatic rings. The molecule has 1 fully saturated rings. The Labute approximate surface area is 197 Å². The lowest BCUT2D eigenvalue weighted by molar-refractivity contribution is 0.0939. The summed E-state index contributed by atoms with van der Waals surface area (Å²) in [5.74, 6) is 1.06. The standard InChI is InChI=1S/C25H34N2O5S/c1-4-31-23-14-13-22(17-24(23)32-5-2)19(3)26-25(28)21-11-9-20(10-12-21)18-33(29,30)27-15-7-6-8-16-27/h9-14,17,19H,4-8,15-16,18H2,1-3H3,(H,26,28). The molecular weight excluding hydrogens is 440 g/mol. The van der Waals surface area contributed by atoms with Crippen molar-refractivity contribution in [2.75, 3.05) is 26.3 Å². The zero-order valence-corrected chi connectivity index (χ0v) is 20.5. The van der Waals surface area contributed by atoms with Crippen molar-refractivity contribution in [3.63, 3.8) is 0 Å². The summed E-state index contributed by atoms with van der Waals surface area (Å²) in [5, 5.41) is 2.99. The van der Waals surface area contributed by atoms with Gasteiger partial charge in [0.15, 0.2) is 11.5 Å². The fourth-order valence-electron chi connectivity index (χ4n) is 3.90. The number of piperidine rings is 1. The van der Waals surface area contributed by atoms with Crippen molar-refractivity contribution in [3.05, 3.63) is 59.2 Å². The predicted molar refractivity (Wildman–Crippen MR) is 129 cm³/mol. The van der Waals surface area contributed by atoms with Crippen LogP contribution in [0.2, 0.25) is 0 Å². The van der Waals surface area contributed by atoms with E-state index in [-0.39, 0.29) is 17.7 Å². The molecule has 1 aliphatic heterocycles. The Morgan fingerprint density at radius 3 is 2.24 bits per heavy atom. The van der Waals surface area contributed by atoms with Crippen LogP contribution in [0.3, 0.4) is 0 Å². The molecule has 1 N–H and O–H groups in total. The molecule has 7 nitrogen and oxygen atoms in total. The minimum atomic E-state index is -3.33. The highest BCUT2D eigenvalue weighted by atomic mass is 32.2. The van der Waals surface area contributed by atoms with Crippen molar-refractivity contribution in [3.8, 4) is 11.5 Å². The highest BCUT2D eigenvalue weighted by Crippen LogP contribution is 2.31. The van der Waals surface area contributed by atoms with Gasteiger partial charge in [-0.1, -0.05) is 24.6 Å². The van der Waals surface area contributed by atoms with Crippen molar-refractivity contribution in [2.24, 2.45) is 0 Å². The van der Waals surface area contributed by atoms with E-state index in [9.17, 15) is 13.2 Å². The van der Waals surface area contributed by atoms with Crippen molar-refractivity contribution in [1.82, 2.24) is 9.62 Å². The van der Waals surface area contributed by atoms with Gasteiger partial charge in [0.05, 0.1) is 25.0 Å². The Morgan fingerprint density at radius 1 is 0.970 bits per heavy atom. The maximum atomic E-state index is 12.8. The number of nitrogens with zero attached hydrogens (tertiary/aromatic N) is 1. The molecule has 3 rings (SSSR count). The highest BCUT2D eigenvalue weighted by Gasteiger charge is 2.24. The molecule has 1 atom stereocenters. The van der Waals surface area contributed by atoms with E-state index in [1.807, 2.05) is 39.0 Å². The van der Waals surface area contributed by atoms with Gasteiger partial charge in [-0.3, -0.25) is 4.79 Å². The molecular formula is C25H34N2O5S. The van der Waals surface area contributed by atoms with Crippen LogP contribution in [0.1, 0.15) is 67.6 Å². The molecule has 1 saturated heterocycles. The van der Waals surface area contributed by atoms with Gasteiger partial charge >= 0.3 is 0 Å². The molecule has 0 bridgehead atoms. The number of carbonyl (C=O) groups excluding carboxylic acids is 1. The minimum Gasteiger partial charge on any atom is -0.490 e. The van der Waals surface area contributed by atoms with Gasteiger partial charge in [0, 0.05) is 18.7 Å². The minimum absolute atomic E-state index is 0.0440. The van der Waals surface area contributed by atoms with E-state index in [4.69, 9.17) is 9.47 Å². The number of rotatable bonds is 10. The summed E-state index contributed by atoms with van der Waals surface area (Å²) in [6.07, 6.45) is 2.91. The molecule has 33 heavy (non-hydrogen) atoms. The largest absolute Gasteiger partial charge is 0.490 e. The number of hydrogen-bond acceptors (Lipinski definition) is 5. The van der Waals surface area contributed by atoms with Crippen LogP contribution in [0, 0.1) is 0 Å². The van der Waals surface area contributed by atoms with Gasteiger partial charge in [0.1, 0.15) is 0 Å². The quantitative estimate of drug-likeness (QED) is 0.555. The number of amides is 1. The van der Waals surface area contributed by atoms with Gasteiger partial charge in [0.2, 0.25) is 10.0 Å². The lowest BCUT2D eigenvalue weighted by Crippen LogP contribution is -2.36. The van der Waals surface area contributed by atoms with Crippen LogP contribution < -0.4 is 14.8 Å². The van der Waals surface area contributed by atoms with Gasteiger partial charge in [-0.05, 0) is 69.0 Å². The molecule has 0 saturated carbocycles. The molecule has 1 amide bonds. The summed E-state index contributed by atoms with van der Waals surface area (Å²) in [5.41, 5.74) is 2.06. The van der Waals surface area contributed by atoms with Crippen LogP contribution in [0.5, 0.6) is 11.5 Å². The number of sulfonamides is 1. The molecule has 8 heteroatoms. The average molecular weight is 475 g/mol. The second kappa shape index (κ2) is 11.5. The molecule has 0 aliphatic carbocycles. The highest BCUT2D eigenvalue weighted by molar-refractivity contribution is 7.88. The third-order valence-corrected chi connectivity index (χ3v) is 7.54. The third-order valence-electron chi connectivity index (χ3n) is 5.69. The summed E-state index contributed by atoms with van der Waals surface area (Å²) < 4.78 is 38.1. The van der Waals surface area contributed by atoms with Crippen LogP contribution >= 0.6 is 0 Å². The maximum Gasteiger partial charge on any atom is 0.251 e. The summed E-state index contributed by atoms with van der Waals surface area (Å²) in [4.78, 5) is 12.8. The van der Waals surface area contributed by atoms with Crippen LogP contribution in [0.4, 0.5) is 0 Å². The van der Waals surface area contributed by atoms with Crippen LogP contribution in [0.15, 0.2) is 42.5 Å². The summed E-state index contributed by atoms with van der Waals surface area (Å²) in [6, 6.07) is 12.2. The first-order valence-electron chi connectivity index (χ1n) is 11.6. The van der Waals surface area contributed by atoms with Crippen LogP contribution in [-0.2, 0) is 15.8 Å². The van der Waals surface area contributed by atoms with E-state index in [2.05, 4.69) is 5.32 Å². The summed E-state index contributed by atoms with van der Waals surface area (Å²) in [7, 11) is -3.33. The monoisotopic (exact) mass is 474 g/mol. The molecule has 2 aromatic carbocycles. The second-order valence-electron chi connectivity index (χ2n) is 8.18. The smallest absolute Gasteiger partial charge is 0.251 e. The Kier molecular flexibility index (Phi) is 8.74. The Morgan fingerprint density at radius 2 is 1.61 bits per heavy atom. The van der Waals surface area contributed by atoms with E-state index in [0.29, 0.717) is 48.9 Å². The van der Waals surface area contributed by atoms with Gasteiger partial charge in [-0.15, -0.1) is 0 Å². The van der Waals surface area contributed by atoms with Gasteiger partial charge in [0.25, 0.3) is 5.91 Å². The predicted octanol–water partition coefficient (Wildman–Crippen LogP) is 4.29. The maximum absolute atomic E-state index is 12.8. The van der Waals surface area contributed by atoms with Crippen molar-refractivity contribution in [1.29, 1.82) is 0 Å². The second-order valence-corrected chi connectivity index (χ2v) is 10.1. The molecule has 180 valence electrons. The fraction of sp³-hybridized carbons (Fsp3) is 0.480. The van der Waals surface area contributed by atoms with E-state index in [1.54, 1.807) is 28.6 Å². The fourth-order valence-corrected chi connectivity index (χ4v) is 5.51. The molecule has 1 heterocycles. The summed E-state index contributed by atoms with van der Waals surface area (Å²) in [6.45, 7) is 7.98. The first kappa shape index (κ1) is 25.1. The topological polar surface area (TPSA) is 84.9 Å². The lowest BCUT2D eigenvalue weighted by Gasteiger charge is -2.25. The number of nitrogens with one attached hydrogen (secondary N) is 1. The normalized spacial score (nSPS) is 15.6. The number of ether oxygens (including phenoxy) is 2. The Hall–Kier alpha value is -2.58. The van der Waals surface area contributed by atoms with Gasteiger partial charge in [-0.2, -0.15) is 0 Å². The molecule has 0 aromatic heterocycles.